The Morgan fingerprint density at radius 1 is 1.04 bits per heavy atom. The fourth-order valence-corrected chi connectivity index (χ4v) is 2.36. The van der Waals surface area contributed by atoms with Crippen molar-refractivity contribution in [1.82, 2.24) is 10.6 Å². The molecule has 2 N–H and O–H groups in total. The summed E-state index contributed by atoms with van der Waals surface area (Å²) >= 11 is 0. The number of halogens is 1. The Labute approximate surface area is 140 Å². The van der Waals surface area contributed by atoms with Gasteiger partial charge in [0.2, 0.25) is 5.91 Å². The van der Waals surface area contributed by atoms with E-state index < -0.39 is 18.0 Å². The van der Waals surface area contributed by atoms with E-state index in [2.05, 4.69) is 10.6 Å². The second-order valence-electron chi connectivity index (χ2n) is 5.92. The van der Waals surface area contributed by atoms with E-state index in [0.29, 0.717) is 5.56 Å². The standard InChI is InChI=1S/C18H21FN2O3/c1-11(2)16(21-17(22)15-9-6-10-24-15)18(23)20-12(3)13-7-4-5-8-14(13)19/h4-12,16H,1-3H3,(H,20,23)(H,21,22)/t12?,16-/m0/s1. The second-order valence-corrected chi connectivity index (χ2v) is 5.92. The third-order valence-corrected chi connectivity index (χ3v) is 3.71. The summed E-state index contributed by atoms with van der Waals surface area (Å²) in [6.07, 6.45) is 1.39. The number of amides is 2. The van der Waals surface area contributed by atoms with E-state index in [9.17, 15) is 14.0 Å². The van der Waals surface area contributed by atoms with Crippen LogP contribution in [0.2, 0.25) is 0 Å². The van der Waals surface area contributed by atoms with Crippen LogP contribution >= 0.6 is 0 Å². The monoisotopic (exact) mass is 332 g/mol. The molecule has 0 radical (unpaired) electrons. The number of hydrogen-bond acceptors (Lipinski definition) is 3. The van der Waals surface area contributed by atoms with Gasteiger partial charge in [0, 0.05) is 5.56 Å². The maximum absolute atomic E-state index is 13.8. The number of rotatable bonds is 6. The summed E-state index contributed by atoms with van der Waals surface area (Å²) in [5, 5.41) is 5.40. The van der Waals surface area contributed by atoms with Crippen molar-refractivity contribution in [2.24, 2.45) is 5.92 Å². The molecular formula is C18H21FN2O3. The first-order chi connectivity index (χ1) is 11.4. The summed E-state index contributed by atoms with van der Waals surface area (Å²) in [7, 11) is 0. The zero-order valence-corrected chi connectivity index (χ0v) is 13.9. The van der Waals surface area contributed by atoms with Crippen LogP contribution in [0.5, 0.6) is 0 Å². The predicted molar refractivity (Wildman–Crippen MR) is 87.8 cm³/mol. The molecule has 5 nitrogen and oxygen atoms in total. The first-order valence-electron chi connectivity index (χ1n) is 7.79. The highest BCUT2D eigenvalue weighted by Crippen LogP contribution is 2.17. The summed E-state index contributed by atoms with van der Waals surface area (Å²) in [5.41, 5.74) is 0.394. The molecule has 2 amide bonds. The molecule has 6 heteroatoms. The lowest BCUT2D eigenvalue weighted by molar-refractivity contribution is -0.124. The van der Waals surface area contributed by atoms with Crippen molar-refractivity contribution in [3.05, 3.63) is 59.8 Å². The van der Waals surface area contributed by atoms with Gasteiger partial charge in [-0.2, -0.15) is 0 Å². The van der Waals surface area contributed by atoms with E-state index in [1.165, 1.54) is 18.4 Å². The quantitative estimate of drug-likeness (QED) is 0.854. The van der Waals surface area contributed by atoms with Crippen molar-refractivity contribution in [2.45, 2.75) is 32.9 Å². The van der Waals surface area contributed by atoms with E-state index in [4.69, 9.17) is 4.42 Å². The molecular weight excluding hydrogens is 311 g/mol. The molecule has 1 unspecified atom stereocenters. The van der Waals surface area contributed by atoms with Gasteiger partial charge in [-0.15, -0.1) is 0 Å². The minimum absolute atomic E-state index is 0.135. The van der Waals surface area contributed by atoms with Crippen LogP contribution in [0.15, 0.2) is 47.1 Å². The highest BCUT2D eigenvalue weighted by Gasteiger charge is 2.27. The van der Waals surface area contributed by atoms with Crippen molar-refractivity contribution in [3.63, 3.8) is 0 Å². The summed E-state index contributed by atoms with van der Waals surface area (Å²) in [6, 6.07) is 8.11. The van der Waals surface area contributed by atoms with E-state index in [1.807, 2.05) is 13.8 Å². The van der Waals surface area contributed by atoms with Crippen LogP contribution < -0.4 is 10.6 Å². The molecule has 0 fully saturated rings. The second kappa shape index (κ2) is 7.77. The maximum Gasteiger partial charge on any atom is 0.287 e. The Kier molecular flexibility index (Phi) is 5.73. The van der Waals surface area contributed by atoms with Gasteiger partial charge < -0.3 is 15.1 Å². The fourth-order valence-electron chi connectivity index (χ4n) is 2.36. The minimum Gasteiger partial charge on any atom is -0.459 e. The molecule has 0 saturated carbocycles. The third-order valence-electron chi connectivity index (χ3n) is 3.71. The van der Waals surface area contributed by atoms with E-state index in [-0.39, 0.29) is 23.4 Å². The van der Waals surface area contributed by atoms with E-state index >= 15 is 0 Å². The van der Waals surface area contributed by atoms with Gasteiger partial charge in [-0.05, 0) is 31.0 Å². The average Bonchev–Trinajstić information content (AvgIpc) is 3.06. The van der Waals surface area contributed by atoms with Crippen LogP contribution in [-0.4, -0.2) is 17.9 Å². The van der Waals surface area contributed by atoms with Gasteiger partial charge in [0.05, 0.1) is 12.3 Å². The molecule has 1 aromatic heterocycles. The molecule has 1 heterocycles. The van der Waals surface area contributed by atoms with Crippen LogP contribution in [0.1, 0.15) is 42.9 Å². The van der Waals surface area contributed by atoms with Crippen molar-refractivity contribution in [2.75, 3.05) is 0 Å². The number of hydrogen-bond donors (Lipinski definition) is 2. The van der Waals surface area contributed by atoms with Crippen LogP contribution in [0.3, 0.4) is 0 Å². The van der Waals surface area contributed by atoms with Crippen molar-refractivity contribution < 1.29 is 18.4 Å². The predicted octanol–water partition coefficient (Wildman–Crippen LogP) is 3.05. The SMILES string of the molecule is CC(NC(=O)[C@@H](NC(=O)c1ccco1)C(C)C)c1ccccc1F. The first-order valence-corrected chi connectivity index (χ1v) is 7.79. The molecule has 0 aliphatic carbocycles. The Balaban J connectivity index is 2.06. The number of nitrogens with one attached hydrogen (secondary N) is 2. The van der Waals surface area contributed by atoms with E-state index in [1.54, 1.807) is 31.2 Å². The summed E-state index contributed by atoms with van der Waals surface area (Å²) in [6.45, 7) is 5.34. The highest BCUT2D eigenvalue weighted by atomic mass is 19.1. The van der Waals surface area contributed by atoms with Gasteiger partial charge in [0.1, 0.15) is 11.9 Å². The number of carbonyl (C=O) groups excluding carboxylic acids is 2. The number of benzene rings is 1. The summed E-state index contributed by atoms with van der Waals surface area (Å²) < 4.78 is 18.8. The number of carbonyl (C=O) groups is 2. The van der Waals surface area contributed by atoms with Gasteiger partial charge in [0.25, 0.3) is 5.91 Å². The lowest BCUT2D eigenvalue weighted by Crippen LogP contribution is -2.50. The molecule has 0 bridgehead atoms. The van der Waals surface area contributed by atoms with Crippen LogP contribution in [0, 0.1) is 11.7 Å². The average molecular weight is 332 g/mol. The van der Waals surface area contributed by atoms with Gasteiger partial charge in [-0.1, -0.05) is 32.0 Å². The zero-order chi connectivity index (χ0) is 17.7. The normalized spacial score (nSPS) is 13.4. The largest absolute Gasteiger partial charge is 0.459 e. The Morgan fingerprint density at radius 3 is 2.33 bits per heavy atom. The van der Waals surface area contributed by atoms with Crippen molar-refractivity contribution in [3.8, 4) is 0 Å². The van der Waals surface area contributed by atoms with Crippen LogP contribution in [0.4, 0.5) is 4.39 Å². The highest BCUT2D eigenvalue weighted by molar-refractivity contribution is 5.95. The molecule has 0 aliphatic heterocycles. The Morgan fingerprint density at radius 2 is 1.75 bits per heavy atom. The fraction of sp³-hybridized carbons (Fsp3) is 0.333. The summed E-state index contributed by atoms with van der Waals surface area (Å²) in [4.78, 5) is 24.6. The zero-order valence-electron chi connectivity index (χ0n) is 13.9. The first kappa shape index (κ1) is 17.7. The van der Waals surface area contributed by atoms with E-state index in [0.717, 1.165) is 0 Å². The Hall–Kier alpha value is -2.63. The Bertz CT molecular complexity index is 698. The molecule has 24 heavy (non-hydrogen) atoms. The molecule has 2 aromatic rings. The molecule has 2 atom stereocenters. The minimum atomic E-state index is -0.753. The topological polar surface area (TPSA) is 71.3 Å². The lowest BCUT2D eigenvalue weighted by atomic mass is 10.0. The van der Waals surface area contributed by atoms with Crippen LogP contribution in [-0.2, 0) is 4.79 Å². The van der Waals surface area contributed by atoms with Crippen LogP contribution in [0.25, 0.3) is 0 Å². The smallest absolute Gasteiger partial charge is 0.287 e. The molecule has 1 aromatic carbocycles. The lowest BCUT2D eigenvalue weighted by Gasteiger charge is -2.24. The van der Waals surface area contributed by atoms with Crippen molar-refractivity contribution in [1.29, 1.82) is 0 Å². The van der Waals surface area contributed by atoms with Gasteiger partial charge in [-0.3, -0.25) is 9.59 Å². The molecule has 0 saturated heterocycles. The number of furan rings is 1. The van der Waals surface area contributed by atoms with Gasteiger partial charge >= 0.3 is 0 Å². The van der Waals surface area contributed by atoms with Gasteiger partial charge in [0.15, 0.2) is 5.76 Å². The maximum atomic E-state index is 13.8. The third kappa shape index (κ3) is 4.22. The molecule has 0 spiro atoms. The summed E-state index contributed by atoms with van der Waals surface area (Å²) in [5.74, 6) is -1.23. The van der Waals surface area contributed by atoms with Gasteiger partial charge in [-0.25, -0.2) is 4.39 Å². The van der Waals surface area contributed by atoms with Crippen molar-refractivity contribution >= 4 is 11.8 Å². The molecule has 2 rings (SSSR count). The molecule has 0 aliphatic rings. The molecule has 128 valence electrons.